The second-order valence-electron chi connectivity index (χ2n) is 7.10. The van der Waals surface area contributed by atoms with E-state index in [1.165, 1.54) is 25.3 Å². The number of hydrogen-bond acceptors (Lipinski definition) is 5. The molecule has 0 spiro atoms. The Morgan fingerprint density at radius 2 is 1.78 bits per heavy atom. The van der Waals surface area contributed by atoms with Gasteiger partial charge in [0.1, 0.15) is 17.3 Å². The van der Waals surface area contributed by atoms with Gasteiger partial charge in [0.2, 0.25) is 0 Å². The van der Waals surface area contributed by atoms with Crippen molar-refractivity contribution in [2.75, 3.05) is 7.11 Å². The molecule has 1 amide bonds. The minimum atomic E-state index is -0.431. The van der Waals surface area contributed by atoms with Crippen LogP contribution in [0.25, 0.3) is 22.2 Å². The van der Waals surface area contributed by atoms with E-state index < -0.39 is 5.91 Å². The molecule has 0 bridgehead atoms. The first-order chi connectivity index (χ1) is 15.5. The van der Waals surface area contributed by atoms with Crippen molar-refractivity contribution in [2.45, 2.75) is 6.92 Å². The molecule has 0 radical (unpaired) electrons. The highest BCUT2D eigenvalue weighted by Crippen LogP contribution is 2.26. The van der Waals surface area contributed by atoms with Gasteiger partial charge >= 0.3 is 0 Å². The number of carbonyl (C=O) groups is 1. The molecule has 1 aromatic heterocycles. The number of amides is 1. The second kappa shape index (κ2) is 8.85. The first kappa shape index (κ1) is 21.0. The highest BCUT2D eigenvalue weighted by atomic mass is 19.1. The minimum Gasteiger partial charge on any atom is -0.507 e. The third-order valence-corrected chi connectivity index (χ3v) is 5.02. The first-order valence-electron chi connectivity index (χ1n) is 9.84. The fourth-order valence-electron chi connectivity index (χ4n) is 3.33. The zero-order valence-corrected chi connectivity index (χ0v) is 17.5. The number of benzene rings is 3. The Morgan fingerprint density at radius 3 is 2.50 bits per heavy atom. The molecule has 0 aliphatic rings. The predicted octanol–water partition coefficient (Wildman–Crippen LogP) is 4.91. The van der Waals surface area contributed by atoms with E-state index in [4.69, 9.17) is 4.74 Å². The molecule has 0 aliphatic carbocycles. The Kier molecular flexibility index (Phi) is 5.81. The number of methoxy groups -OCH3 is 1. The number of aromatic hydroxyl groups is 1. The molecule has 0 saturated heterocycles. The molecule has 0 unspecified atom stereocenters. The van der Waals surface area contributed by atoms with E-state index in [1.807, 2.05) is 18.2 Å². The number of ether oxygens (including phenoxy) is 1. The number of nitrogens with zero attached hydrogens (tertiary/aromatic N) is 2. The quantitative estimate of drug-likeness (QED) is 0.349. The average Bonchev–Trinajstić information content (AvgIpc) is 2.82. The molecule has 0 fully saturated rings. The highest BCUT2D eigenvalue weighted by molar-refractivity contribution is 6.08. The summed E-state index contributed by atoms with van der Waals surface area (Å²) in [6, 6.07) is 19.7. The molecule has 4 aromatic rings. The third kappa shape index (κ3) is 4.27. The number of hydrogen-bond donors (Lipinski definition) is 2. The van der Waals surface area contributed by atoms with Crippen molar-refractivity contribution in [2.24, 2.45) is 5.10 Å². The molecule has 0 atom stereocenters. The third-order valence-electron chi connectivity index (χ3n) is 5.02. The number of halogens is 1. The van der Waals surface area contributed by atoms with Crippen molar-refractivity contribution in [1.29, 1.82) is 0 Å². The number of nitrogens with one attached hydrogen (secondary N) is 1. The maximum Gasteiger partial charge on any atom is 0.272 e. The van der Waals surface area contributed by atoms with Crippen LogP contribution in [0.1, 0.15) is 22.8 Å². The first-order valence-corrected chi connectivity index (χ1v) is 9.84. The minimum absolute atomic E-state index is 0.00666. The van der Waals surface area contributed by atoms with Crippen molar-refractivity contribution in [3.05, 3.63) is 89.7 Å². The van der Waals surface area contributed by atoms with Gasteiger partial charge in [0.25, 0.3) is 5.91 Å². The number of pyridine rings is 1. The van der Waals surface area contributed by atoms with Gasteiger partial charge in [-0.3, -0.25) is 4.79 Å². The van der Waals surface area contributed by atoms with Crippen LogP contribution in [-0.4, -0.2) is 28.8 Å². The Balaban J connectivity index is 1.68. The van der Waals surface area contributed by atoms with Gasteiger partial charge < -0.3 is 9.84 Å². The number of hydrazone groups is 1. The number of para-hydroxylation sites is 1. The van der Waals surface area contributed by atoms with Gasteiger partial charge in [-0.05, 0) is 55.5 Å². The molecule has 0 aliphatic heterocycles. The number of aromatic nitrogens is 1. The standard InChI is InChI=1S/C25H20FN3O3/c1-15(19-12-11-18(32-2)13-24(19)30)28-29-25(31)21-14-23(16-7-9-17(26)10-8-16)27-22-6-4-3-5-20(21)22/h3-14,30H,1-2H3,(H,29,31)/b28-15+. The average molecular weight is 429 g/mol. The van der Waals surface area contributed by atoms with Crippen LogP contribution >= 0.6 is 0 Å². The van der Waals surface area contributed by atoms with Crippen LogP contribution < -0.4 is 10.2 Å². The fourth-order valence-corrected chi connectivity index (χ4v) is 3.33. The summed E-state index contributed by atoms with van der Waals surface area (Å²) in [4.78, 5) is 17.6. The van der Waals surface area contributed by atoms with Crippen LogP contribution in [0.5, 0.6) is 11.5 Å². The molecule has 1 heterocycles. The SMILES string of the molecule is COc1ccc(/C(C)=N/NC(=O)c2cc(-c3ccc(F)cc3)nc3ccccc23)c(O)c1. The van der Waals surface area contributed by atoms with E-state index in [0.717, 1.165) is 0 Å². The zero-order valence-electron chi connectivity index (χ0n) is 17.5. The van der Waals surface area contributed by atoms with Gasteiger partial charge in [-0.15, -0.1) is 0 Å². The van der Waals surface area contributed by atoms with Crippen molar-refractivity contribution < 1.29 is 19.0 Å². The number of phenols is 1. The van der Waals surface area contributed by atoms with Crippen molar-refractivity contribution in [3.8, 4) is 22.8 Å². The highest BCUT2D eigenvalue weighted by Gasteiger charge is 2.14. The summed E-state index contributed by atoms with van der Waals surface area (Å²) in [5.74, 6) is -0.272. The maximum absolute atomic E-state index is 13.3. The Labute approximate surface area is 184 Å². The molecular weight excluding hydrogens is 409 g/mol. The lowest BCUT2D eigenvalue weighted by molar-refractivity contribution is 0.0956. The van der Waals surface area contributed by atoms with E-state index >= 15 is 0 Å². The van der Waals surface area contributed by atoms with Crippen LogP contribution in [0.15, 0.2) is 77.9 Å². The zero-order chi connectivity index (χ0) is 22.7. The monoisotopic (exact) mass is 429 g/mol. The summed E-state index contributed by atoms with van der Waals surface area (Å²) in [6.07, 6.45) is 0. The lowest BCUT2D eigenvalue weighted by Gasteiger charge is -2.10. The summed E-state index contributed by atoms with van der Waals surface area (Å²) in [5.41, 5.74) is 5.69. The molecule has 2 N–H and O–H groups in total. The summed E-state index contributed by atoms with van der Waals surface area (Å²) < 4.78 is 18.4. The van der Waals surface area contributed by atoms with Gasteiger partial charge in [-0.1, -0.05) is 18.2 Å². The molecular formula is C25H20FN3O3. The second-order valence-corrected chi connectivity index (χ2v) is 7.10. The van der Waals surface area contributed by atoms with Gasteiger partial charge in [0.05, 0.1) is 29.6 Å². The summed E-state index contributed by atoms with van der Waals surface area (Å²) in [6.45, 7) is 1.68. The van der Waals surface area contributed by atoms with Gasteiger partial charge in [-0.25, -0.2) is 14.8 Å². The number of rotatable bonds is 5. The van der Waals surface area contributed by atoms with Crippen LogP contribution in [0.4, 0.5) is 4.39 Å². The fraction of sp³-hybridized carbons (Fsp3) is 0.0800. The van der Waals surface area contributed by atoms with Crippen LogP contribution in [0.2, 0.25) is 0 Å². The van der Waals surface area contributed by atoms with E-state index in [9.17, 15) is 14.3 Å². The van der Waals surface area contributed by atoms with E-state index in [2.05, 4.69) is 15.5 Å². The van der Waals surface area contributed by atoms with Gasteiger partial charge in [0, 0.05) is 22.6 Å². The molecule has 0 saturated carbocycles. The van der Waals surface area contributed by atoms with E-state index in [-0.39, 0.29) is 11.6 Å². The molecule has 6 nitrogen and oxygen atoms in total. The van der Waals surface area contributed by atoms with Crippen LogP contribution in [0.3, 0.4) is 0 Å². The van der Waals surface area contributed by atoms with E-state index in [0.29, 0.717) is 44.7 Å². The molecule has 3 aromatic carbocycles. The van der Waals surface area contributed by atoms with Crippen LogP contribution in [0, 0.1) is 5.82 Å². The Bertz CT molecular complexity index is 1330. The van der Waals surface area contributed by atoms with Gasteiger partial charge in [0.15, 0.2) is 0 Å². The number of fused-ring (bicyclic) bond motifs is 1. The van der Waals surface area contributed by atoms with E-state index in [1.54, 1.807) is 43.3 Å². The maximum atomic E-state index is 13.3. The molecule has 4 rings (SSSR count). The topological polar surface area (TPSA) is 83.8 Å². The normalized spacial score (nSPS) is 11.4. The van der Waals surface area contributed by atoms with Crippen LogP contribution in [-0.2, 0) is 0 Å². The van der Waals surface area contributed by atoms with Crippen molar-refractivity contribution in [3.63, 3.8) is 0 Å². The number of phenolic OH excluding ortho intramolecular Hbond substituents is 1. The molecule has 160 valence electrons. The summed E-state index contributed by atoms with van der Waals surface area (Å²) >= 11 is 0. The smallest absolute Gasteiger partial charge is 0.272 e. The number of carbonyl (C=O) groups excluding carboxylic acids is 1. The van der Waals surface area contributed by atoms with Gasteiger partial charge in [-0.2, -0.15) is 5.10 Å². The Morgan fingerprint density at radius 1 is 1.03 bits per heavy atom. The molecule has 7 heteroatoms. The lowest BCUT2D eigenvalue weighted by atomic mass is 10.0. The largest absolute Gasteiger partial charge is 0.507 e. The lowest BCUT2D eigenvalue weighted by Crippen LogP contribution is -2.20. The van der Waals surface area contributed by atoms with Crippen molar-refractivity contribution in [1.82, 2.24) is 10.4 Å². The molecule has 32 heavy (non-hydrogen) atoms. The Hall–Kier alpha value is -4.26. The summed E-state index contributed by atoms with van der Waals surface area (Å²) in [7, 11) is 1.51. The predicted molar refractivity (Wildman–Crippen MR) is 121 cm³/mol. The van der Waals surface area contributed by atoms with Crippen molar-refractivity contribution >= 4 is 22.5 Å². The summed E-state index contributed by atoms with van der Waals surface area (Å²) in [5, 5.41) is 15.0.